The number of hydrogen-bond donors (Lipinski definition) is 12. The highest BCUT2D eigenvalue weighted by atomic mass is 16.3. The number of nitrogens with two attached hydrogens (primary N) is 6. The van der Waals surface area contributed by atoms with Gasteiger partial charge >= 0.3 is 0 Å². The van der Waals surface area contributed by atoms with Gasteiger partial charge in [-0.05, 0) is 184 Å². The second-order valence-electron chi connectivity index (χ2n) is 20.1. The minimum absolute atomic E-state index is 0.0259. The van der Waals surface area contributed by atoms with Crippen molar-refractivity contribution in [2.24, 2.45) is 34.4 Å². The summed E-state index contributed by atoms with van der Waals surface area (Å²) in [7, 11) is 0. The van der Waals surface area contributed by atoms with Crippen molar-refractivity contribution >= 4 is 52.1 Å². The van der Waals surface area contributed by atoms with Crippen molar-refractivity contribution in [3.8, 4) is 17.2 Å². The Balaban J connectivity index is 1.30. The molecule has 0 spiro atoms. The van der Waals surface area contributed by atoms with E-state index in [1.54, 1.807) is 109 Å². The number of unbranched alkanes of at least 4 members (excludes halogenated alkanes) is 3. The number of carbonyl (C=O) groups is 6. The molecule has 18 heteroatoms. The number of anilines is 3. The monoisotopic (exact) mass is 1080 g/mol. The van der Waals surface area contributed by atoms with Gasteiger partial charge in [0.25, 0.3) is 17.7 Å². The number of hydrogen-bond acceptors (Lipinski definition) is 15. The summed E-state index contributed by atoms with van der Waals surface area (Å²) in [6.45, 7) is 1.03. The number of nitrogens with one attached hydrogen (secondary N) is 3. The Labute approximate surface area is 460 Å². The van der Waals surface area contributed by atoms with Gasteiger partial charge in [-0.25, -0.2) is 0 Å². The first kappa shape index (κ1) is 60.1. The number of aromatic hydroxyl groups is 3. The fraction of sp³-hybridized carbons (Fsp3) is 0.311. The van der Waals surface area contributed by atoms with E-state index in [9.17, 15) is 44.1 Å². The van der Waals surface area contributed by atoms with E-state index in [2.05, 4.69) is 16.0 Å². The second-order valence-corrected chi connectivity index (χ2v) is 20.1. The summed E-state index contributed by atoms with van der Waals surface area (Å²) in [6, 6.07) is 39.5. The number of ketones is 3. The molecule has 3 atom stereocenters. The molecule has 0 heterocycles. The number of Topliss-reactive ketones (excluding diaryl/α,β-unsaturated/α-hetero) is 3. The van der Waals surface area contributed by atoms with Crippen LogP contribution >= 0.6 is 0 Å². The minimum Gasteiger partial charge on any atom is -0.508 e. The van der Waals surface area contributed by atoms with Gasteiger partial charge in [0.1, 0.15) is 17.2 Å². The molecule has 0 radical (unpaired) electrons. The molecule has 0 bridgehead atoms. The van der Waals surface area contributed by atoms with Crippen molar-refractivity contribution in [3.63, 3.8) is 0 Å². The Bertz CT molecular complexity index is 2740. The molecule has 6 aromatic rings. The molecule has 0 aliphatic heterocycles. The summed E-state index contributed by atoms with van der Waals surface area (Å²) < 4.78 is 0. The SMILES string of the molecule is NCCCC[C@](N)(C(=O)Cc1cccc(O)c1)C(=O)Nc1ccc(C(c2ccc(NC(=O)[C@](N)(CCCCN)C(=O)Cc3cccc(O)c3)cc2)c2ccc(NC(=O)[C@](N)(CCCCN)C(=O)Cc3cccc(O)c3)cc2)cc1. The van der Waals surface area contributed by atoms with Crippen LogP contribution in [0.15, 0.2) is 146 Å². The van der Waals surface area contributed by atoms with Crippen LogP contribution in [0.2, 0.25) is 0 Å². The fourth-order valence-corrected chi connectivity index (χ4v) is 9.39. The van der Waals surface area contributed by atoms with Crippen LogP contribution < -0.4 is 50.4 Å². The largest absolute Gasteiger partial charge is 0.508 e. The van der Waals surface area contributed by atoms with Crippen molar-refractivity contribution in [2.45, 2.75) is 99.6 Å². The van der Waals surface area contributed by atoms with E-state index >= 15 is 0 Å². The van der Waals surface area contributed by atoms with E-state index in [1.807, 2.05) is 0 Å². The molecule has 0 fully saturated rings. The van der Waals surface area contributed by atoms with Gasteiger partial charge in [0, 0.05) is 42.2 Å². The maximum absolute atomic E-state index is 14.0. The number of benzene rings is 6. The van der Waals surface area contributed by atoms with Crippen LogP contribution in [0.3, 0.4) is 0 Å². The fourth-order valence-electron chi connectivity index (χ4n) is 9.39. The van der Waals surface area contributed by atoms with E-state index in [0.29, 0.717) is 91.9 Å². The van der Waals surface area contributed by atoms with Gasteiger partial charge in [0.2, 0.25) is 0 Å². The Kier molecular flexibility index (Phi) is 21.3. The van der Waals surface area contributed by atoms with Gasteiger partial charge in [-0.2, -0.15) is 0 Å². The summed E-state index contributed by atoms with van der Waals surface area (Å²) in [5, 5.41) is 38.6. The van der Waals surface area contributed by atoms with Gasteiger partial charge in [0.15, 0.2) is 34.0 Å². The smallest absolute Gasteiger partial charge is 0.252 e. The maximum atomic E-state index is 14.0. The van der Waals surface area contributed by atoms with Gasteiger partial charge in [0.05, 0.1) is 0 Å². The number of rotatable bonds is 30. The first-order valence-corrected chi connectivity index (χ1v) is 26.5. The summed E-state index contributed by atoms with van der Waals surface area (Å²) >= 11 is 0. The highest BCUT2D eigenvalue weighted by Gasteiger charge is 2.43. The van der Waals surface area contributed by atoms with Crippen molar-refractivity contribution in [1.29, 1.82) is 0 Å². The Morgan fingerprint density at radius 3 is 0.861 bits per heavy atom. The van der Waals surface area contributed by atoms with E-state index in [4.69, 9.17) is 34.4 Å². The lowest BCUT2D eigenvalue weighted by atomic mass is 9.83. The molecule has 416 valence electrons. The van der Waals surface area contributed by atoms with Crippen LogP contribution in [-0.4, -0.2) is 86.6 Å². The summed E-state index contributed by atoms with van der Waals surface area (Å²) in [4.78, 5) is 83.5. The van der Waals surface area contributed by atoms with E-state index in [-0.39, 0.29) is 55.8 Å². The van der Waals surface area contributed by atoms with Gasteiger partial charge in [-0.3, -0.25) is 28.8 Å². The van der Waals surface area contributed by atoms with Crippen LogP contribution in [0.25, 0.3) is 0 Å². The van der Waals surface area contributed by atoms with Crippen molar-refractivity contribution in [3.05, 3.63) is 179 Å². The van der Waals surface area contributed by atoms with E-state index in [1.165, 1.54) is 36.4 Å². The van der Waals surface area contributed by atoms with Crippen molar-refractivity contribution in [2.75, 3.05) is 35.6 Å². The average molecular weight is 1080 g/mol. The zero-order chi connectivity index (χ0) is 57.2. The second kappa shape index (κ2) is 28.0. The molecule has 0 saturated carbocycles. The zero-order valence-electron chi connectivity index (χ0n) is 44.3. The highest BCUT2D eigenvalue weighted by Crippen LogP contribution is 2.35. The van der Waals surface area contributed by atoms with Crippen LogP contribution in [0.1, 0.15) is 97.1 Å². The van der Waals surface area contributed by atoms with Crippen molar-refractivity contribution in [1.82, 2.24) is 0 Å². The molecule has 0 aliphatic rings. The Hall–Kier alpha value is -8.10. The predicted octanol–water partition coefficient (Wildman–Crippen LogP) is 5.71. The average Bonchev–Trinajstić information content (AvgIpc) is 3.44. The first-order valence-electron chi connectivity index (χ1n) is 26.5. The number of carbonyl (C=O) groups excluding carboxylic acids is 6. The molecule has 0 aliphatic carbocycles. The third-order valence-electron chi connectivity index (χ3n) is 14.1. The lowest BCUT2D eigenvalue weighted by Crippen LogP contribution is -2.58. The molecule has 6 rings (SSSR count). The summed E-state index contributed by atoms with van der Waals surface area (Å²) in [5.41, 5.74) is 36.3. The van der Waals surface area contributed by atoms with Crippen LogP contribution in [0.4, 0.5) is 17.1 Å². The molecule has 0 unspecified atom stereocenters. The summed E-state index contributed by atoms with van der Waals surface area (Å²) in [6.07, 6.45) is 2.40. The molecule has 18 nitrogen and oxygen atoms in total. The van der Waals surface area contributed by atoms with Crippen LogP contribution in [-0.2, 0) is 48.0 Å². The molecule has 79 heavy (non-hydrogen) atoms. The standard InChI is InChI=1S/C61H73N9O9/c62-31-4-1-28-59(65,52(74)37-40-10-7-13-49(71)34-40)56(77)68-46-22-16-43(17-23-46)55(44-18-24-47(25-19-44)69-57(78)60(66,29-2-5-32-63)53(75)38-41-11-8-14-50(72)35-41)45-20-26-48(27-21-45)70-58(79)61(67,30-3-6-33-64)54(76)39-42-12-9-15-51(73)36-42/h7-27,34-36,55,71-73H,1-6,28-33,37-39,62-67H2,(H,68,77)(H,69,78)(H,70,79)/t59-,60-,61-/m0/s1. The van der Waals surface area contributed by atoms with Gasteiger partial charge in [-0.15, -0.1) is 0 Å². The molecule has 18 N–H and O–H groups in total. The quantitative estimate of drug-likeness (QED) is 0.0146. The third-order valence-corrected chi connectivity index (χ3v) is 14.1. The lowest BCUT2D eigenvalue weighted by molar-refractivity contribution is -0.134. The normalized spacial score (nSPS) is 13.6. The lowest BCUT2D eigenvalue weighted by Gasteiger charge is -2.28. The van der Waals surface area contributed by atoms with Crippen LogP contribution in [0.5, 0.6) is 17.2 Å². The van der Waals surface area contributed by atoms with Crippen LogP contribution in [0, 0.1) is 0 Å². The Morgan fingerprint density at radius 2 is 0.633 bits per heavy atom. The van der Waals surface area contributed by atoms with E-state index in [0.717, 1.165) is 16.7 Å². The summed E-state index contributed by atoms with van der Waals surface area (Å²) in [5.74, 6) is -4.32. The number of phenolic OH excluding ortho intramolecular Hbond substituents is 3. The topological polar surface area (TPSA) is 355 Å². The highest BCUT2D eigenvalue weighted by molar-refractivity contribution is 6.17. The maximum Gasteiger partial charge on any atom is 0.252 e. The third kappa shape index (κ3) is 16.0. The minimum atomic E-state index is -1.92. The van der Waals surface area contributed by atoms with Gasteiger partial charge in [-0.1, -0.05) is 72.8 Å². The molecular formula is C61H73N9O9. The number of amides is 3. The van der Waals surface area contributed by atoms with E-state index < -0.39 is 57.6 Å². The predicted molar refractivity (Wildman–Crippen MR) is 306 cm³/mol. The van der Waals surface area contributed by atoms with Crippen molar-refractivity contribution < 1.29 is 44.1 Å². The zero-order valence-corrected chi connectivity index (χ0v) is 44.3. The first-order chi connectivity index (χ1) is 37.8. The Morgan fingerprint density at radius 1 is 0.380 bits per heavy atom. The molecule has 6 aromatic carbocycles. The number of phenols is 3. The van der Waals surface area contributed by atoms with Gasteiger partial charge < -0.3 is 65.7 Å². The molecule has 0 saturated heterocycles. The molecule has 3 amide bonds. The molecular weight excluding hydrogens is 1000 g/mol. The molecule has 0 aromatic heterocycles.